The molecule has 1 saturated heterocycles. The predicted octanol–water partition coefficient (Wildman–Crippen LogP) is 1.15. The van der Waals surface area contributed by atoms with Crippen molar-refractivity contribution in [2.75, 3.05) is 33.7 Å². The Hall–Kier alpha value is -1.26. The van der Waals surface area contributed by atoms with Crippen molar-refractivity contribution in [1.82, 2.24) is 15.1 Å². The molecule has 0 bridgehead atoms. The van der Waals surface area contributed by atoms with E-state index in [1.165, 1.54) is 6.42 Å². The molecule has 0 radical (unpaired) electrons. The van der Waals surface area contributed by atoms with Crippen molar-refractivity contribution in [3.63, 3.8) is 0 Å². The van der Waals surface area contributed by atoms with Crippen LogP contribution in [-0.2, 0) is 4.79 Å². The van der Waals surface area contributed by atoms with Gasteiger partial charge in [-0.05, 0) is 18.8 Å². The molecule has 2 unspecified atom stereocenters. The Balaban J connectivity index is 2.47. The molecule has 1 aliphatic heterocycles. The fourth-order valence-electron chi connectivity index (χ4n) is 2.42. The Morgan fingerprint density at radius 1 is 1.50 bits per heavy atom. The van der Waals surface area contributed by atoms with Crippen LogP contribution in [0.1, 0.15) is 26.7 Å². The lowest BCUT2D eigenvalue weighted by Crippen LogP contribution is -2.47. The van der Waals surface area contributed by atoms with Crippen molar-refractivity contribution in [2.24, 2.45) is 11.8 Å². The fourth-order valence-corrected chi connectivity index (χ4v) is 2.42. The second-order valence-corrected chi connectivity index (χ2v) is 5.37. The van der Waals surface area contributed by atoms with Crippen molar-refractivity contribution in [2.45, 2.75) is 26.7 Å². The van der Waals surface area contributed by atoms with Gasteiger partial charge in [0.15, 0.2) is 0 Å². The number of carbonyl (C=O) groups excluding carboxylic acids is 2. The quantitative estimate of drug-likeness (QED) is 0.822. The first-order valence-electron chi connectivity index (χ1n) is 6.67. The van der Waals surface area contributed by atoms with Crippen LogP contribution in [0.5, 0.6) is 0 Å². The highest BCUT2D eigenvalue weighted by atomic mass is 16.2. The minimum Gasteiger partial charge on any atom is -0.359 e. The minimum absolute atomic E-state index is 0.0262. The fraction of sp³-hybridized carbons (Fsp3) is 0.846. The first kappa shape index (κ1) is 14.8. The summed E-state index contributed by atoms with van der Waals surface area (Å²) >= 11 is 0. The van der Waals surface area contributed by atoms with E-state index >= 15 is 0 Å². The van der Waals surface area contributed by atoms with Crippen molar-refractivity contribution in [3.05, 3.63) is 0 Å². The Morgan fingerprint density at radius 3 is 2.72 bits per heavy atom. The number of piperidine rings is 1. The molecule has 0 aromatic carbocycles. The molecule has 1 fully saturated rings. The molecule has 0 aliphatic carbocycles. The summed E-state index contributed by atoms with van der Waals surface area (Å²) in [5.41, 5.74) is 0. The summed E-state index contributed by atoms with van der Waals surface area (Å²) in [6, 6.07) is 0.0392. The Kier molecular flexibility index (Phi) is 5.44. The maximum Gasteiger partial charge on any atom is 0.319 e. The van der Waals surface area contributed by atoms with Gasteiger partial charge in [0.2, 0.25) is 5.91 Å². The van der Waals surface area contributed by atoms with Crippen molar-refractivity contribution >= 4 is 11.9 Å². The first-order valence-corrected chi connectivity index (χ1v) is 6.67. The second kappa shape index (κ2) is 6.61. The van der Waals surface area contributed by atoms with E-state index in [4.69, 9.17) is 0 Å². The van der Waals surface area contributed by atoms with Crippen LogP contribution in [-0.4, -0.2) is 55.5 Å². The molecule has 1 N–H and O–H groups in total. The number of nitrogens with zero attached hydrogens (tertiary/aromatic N) is 2. The third-order valence-corrected chi connectivity index (χ3v) is 3.50. The standard InChI is InChI=1S/C13H25N3O2/c1-10-6-5-7-16(8-10)13(18)15(4)9-11(2)12(17)14-3/h10-11H,5-9H2,1-4H3,(H,14,17). The van der Waals surface area contributed by atoms with Crippen LogP contribution in [0.25, 0.3) is 0 Å². The molecule has 0 aromatic rings. The van der Waals surface area contributed by atoms with Gasteiger partial charge in [-0.15, -0.1) is 0 Å². The highest BCUT2D eigenvalue weighted by molar-refractivity contribution is 5.79. The Bertz CT molecular complexity index is 307. The Morgan fingerprint density at radius 2 is 2.17 bits per heavy atom. The van der Waals surface area contributed by atoms with E-state index < -0.39 is 0 Å². The summed E-state index contributed by atoms with van der Waals surface area (Å²) < 4.78 is 0. The SMILES string of the molecule is CNC(=O)C(C)CN(C)C(=O)N1CCCC(C)C1. The van der Waals surface area contributed by atoms with Crippen LogP contribution < -0.4 is 5.32 Å². The summed E-state index contributed by atoms with van der Waals surface area (Å²) in [5.74, 6) is 0.375. The van der Waals surface area contributed by atoms with Crippen LogP contribution in [0, 0.1) is 11.8 Å². The largest absolute Gasteiger partial charge is 0.359 e. The smallest absolute Gasteiger partial charge is 0.319 e. The molecule has 0 saturated carbocycles. The summed E-state index contributed by atoms with van der Waals surface area (Å²) in [5, 5.41) is 2.61. The van der Waals surface area contributed by atoms with Gasteiger partial charge in [-0.2, -0.15) is 0 Å². The molecular formula is C13H25N3O2. The Labute approximate surface area is 110 Å². The molecule has 3 amide bonds. The van der Waals surface area contributed by atoms with E-state index in [0.29, 0.717) is 12.5 Å². The van der Waals surface area contributed by atoms with Gasteiger partial charge in [-0.3, -0.25) is 4.79 Å². The number of likely N-dealkylation sites (tertiary alicyclic amines) is 1. The zero-order valence-electron chi connectivity index (χ0n) is 11.9. The van der Waals surface area contributed by atoms with Crippen LogP contribution in [0.3, 0.4) is 0 Å². The van der Waals surface area contributed by atoms with E-state index in [2.05, 4.69) is 12.2 Å². The van der Waals surface area contributed by atoms with Crippen LogP contribution in [0.2, 0.25) is 0 Å². The van der Waals surface area contributed by atoms with Crippen molar-refractivity contribution in [1.29, 1.82) is 0 Å². The molecule has 18 heavy (non-hydrogen) atoms. The zero-order valence-corrected chi connectivity index (χ0v) is 11.9. The second-order valence-electron chi connectivity index (χ2n) is 5.37. The van der Waals surface area contributed by atoms with Crippen LogP contribution in [0.4, 0.5) is 4.79 Å². The van der Waals surface area contributed by atoms with Gasteiger partial charge >= 0.3 is 6.03 Å². The molecular weight excluding hydrogens is 230 g/mol. The third-order valence-electron chi connectivity index (χ3n) is 3.50. The number of hydrogen-bond acceptors (Lipinski definition) is 2. The molecule has 2 atom stereocenters. The number of amides is 3. The number of carbonyl (C=O) groups is 2. The average Bonchev–Trinajstić information content (AvgIpc) is 2.36. The predicted molar refractivity (Wildman–Crippen MR) is 71.2 cm³/mol. The van der Waals surface area contributed by atoms with E-state index in [0.717, 1.165) is 19.5 Å². The van der Waals surface area contributed by atoms with Gasteiger partial charge in [-0.25, -0.2) is 4.79 Å². The lowest BCUT2D eigenvalue weighted by molar-refractivity contribution is -0.124. The summed E-state index contributed by atoms with van der Waals surface area (Å²) in [4.78, 5) is 27.2. The topological polar surface area (TPSA) is 52.7 Å². The lowest BCUT2D eigenvalue weighted by atomic mass is 10.0. The molecule has 1 heterocycles. The normalized spacial score (nSPS) is 21.3. The van der Waals surface area contributed by atoms with Gasteiger partial charge in [0.25, 0.3) is 0 Å². The van der Waals surface area contributed by atoms with Gasteiger partial charge < -0.3 is 15.1 Å². The van der Waals surface area contributed by atoms with Crippen molar-refractivity contribution < 1.29 is 9.59 Å². The first-order chi connectivity index (χ1) is 8.45. The van der Waals surface area contributed by atoms with E-state index in [-0.39, 0.29) is 17.9 Å². The number of urea groups is 1. The molecule has 5 nitrogen and oxygen atoms in total. The minimum atomic E-state index is -0.175. The van der Waals surface area contributed by atoms with Crippen LogP contribution in [0.15, 0.2) is 0 Å². The van der Waals surface area contributed by atoms with E-state index in [9.17, 15) is 9.59 Å². The summed E-state index contributed by atoms with van der Waals surface area (Å²) in [7, 11) is 3.38. The average molecular weight is 255 g/mol. The molecule has 104 valence electrons. The summed E-state index contributed by atoms with van der Waals surface area (Å²) in [6.07, 6.45) is 2.27. The monoisotopic (exact) mass is 255 g/mol. The summed E-state index contributed by atoms with van der Waals surface area (Å²) in [6.45, 7) is 6.14. The molecule has 1 aliphatic rings. The van der Waals surface area contributed by atoms with Crippen LogP contribution >= 0.6 is 0 Å². The van der Waals surface area contributed by atoms with E-state index in [1.54, 1.807) is 19.0 Å². The molecule has 0 spiro atoms. The lowest BCUT2D eigenvalue weighted by Gasteiger charge is -2.34. The van der Waals surface area contributed by atoms with Gasteiger partial charge in [0, 0.05) is 33.7 Å². The third kappa shape index (κ3) is 3.89. The van der Waals surface area contributed by atoms with Gasteiger partial charge in [0.05, 0.1) is 5.92 Å². The maximum atomic E-state index is 12.2. The number of hydrogen-bond donors (Lipinski definition) is 1. The number of rotatable bonds is 3. The zero-order chi connectivity index (χ0) is 13.7. The van der Waals surface area contributed by atoms with Crippen molar-refractivity contribution in [3.8, 4) is 0 Å². The van der Waals surface area contributed by atoms with Gasteiger partial charge in [0.1, 0.15) is 0 Å². The highest BCUT2D eigenvalue weighted by Gasteiger charge is 2.25. The van der Waals surface area contributed by atoms with E-state index in [1.807, 2.05) is 11.8 Å². The maximum absolute atomic E-state index is 12.2. The molecule has 5 heteroatoms. The molecule has 0 aromatic heterocycles. The number of nitrogens with one attached hydrogen (secondary N) is 1. The highest BCUT2D eigenvalue weighted by Crippen LogP contribution is 2.16. The van der Waals surface area contributed by atoms with Gasteiger partial charge in [-0.1, -0.05) is 13.8 Å². The molecule has 1 rings (SSSR count).